The Morgan fingerprint density at radius 2 is 2.21 bits per heavy atom. The molecular formula is C17H18FN3OS2. The average Bonchev–Trinajstić information content (AvgIpc) is 2.93. The van der Waals surface area contributed by atoms with Gasteiger partial charge in [-0.2, -0.15) is 0 Å². The molecule has 3 aromatic rings. The zero-order valence-corrected chi connectivity index (χ0v) is 15.1. The number of aromatic nitrogens is 2. The van der Waals surface area contributed by atoms with Crippen LogP contribution in [0.1, 0.15) is 20.3 Å². The Morgan fingerprint density at radius 1 is 1.38 bits per heavy atom. The van der Waals surface area contributed by atoms with E-state index in [1.165, 1.54) is 35.5 Å². The van der Waals surface area contributed by atoms with E-state index >= 15 is 0 Å². The van der Waals surface area contributed by atoms with Gasteiger partial charge in [0.25, 0.3) is 0 Å². The lowest BCUT2D eigenvalue weighted by molar-refractivity contribution is -0.118. The first-order valence-electron chi connectivity index (χ1n) is 7.77. The van der Waals surface area contributed by atoms with Gasteiger partial charge in [0.1, 0.15) is 17.2 Å². The van der Waals surface area contributed by atoms with E-state index in [4.69, 9.17) is 0 Å². The summed E-state index contributed by atoms with van der Waals surface area (Å²) in [6.07, 6.45) is 2.39. The number of amides is 1. The van der Waals surface area contributed by atoms with Gasteiger partial charge in [0, 0.05) is 11.2 Å². The fraction of sp³-hybridized carbons (Fsp3) is 0.353. The molecule has 1 N–H and O–H groups in total. The summed E-state index contributed by atoms with van der Waals surface area (Å²) in [5.74, 6) is 0.563. The number of rotatable bonds is 6. The lowest BCUT2D eigenvalue weighted by atomic mass is 10.1. The highest BCUT2D eigenvalue weighted by molar-refractivity contribution is 8.00. The quantitative estimate of drug-likeness (QED) is 0.526. The first-order valence-corrected chi connectivity index (χ1v) is 9.57. The molecule has 0 aliphatic carbocycles. The van der Waals surface area contributed by atoms with Crippen molar-refractivity contribution in [3.63, 3.8) is 0 Å². The van der Waals surface area contributed by atoms with Gasteiger partial charge >= 0.3 is 0 Å². The van der Waals surface area contributed by atoms with Crippen LogP contribution in [-0.2, 0) is 4.79 Å². The van der Waals surface area contributed by atoms with Gasteiger partial charge in [-0.05, 0) is 24.5 Å². The monoisotopic (exact) mass is 363 g/mol. The van der Waals surface area contributed by atoms with Crippen LogP contribution in [0, 0.1) is 11.7 Å². The minimum absolute atomic E-state index is 0.0142. The highest BCUT2D eigenvalue weighted by Crippen LogP contribution is 2.38. The van der Waals surface area contributed by atoms with Gasteiger partial charge in [-0.3, -0.25) is 4.79 Å². The molecule has 0 fully saturated rings. The van der Waals surface area contributed by atoms with E-state index in [0.29, 0.717) is 29.1 Å². The molecular weight excluding hydrogens is 345 g/mol. The number of hydrogen-bond acceptors (Lipinski definition) is 5. The van der Waals surface area contributed by atoms with Crippen LogP contribution in [0.3, 0.4) is 0 Å². The summed E-state index contributed by atoms with van der Waals surface area (Å²) < 4.78 is 15.7. The lowest BCUT2D eigenvalue weighted by Crippen LogP contribution is -2.26. The van der Waals surface area contributed by atoms with Crippen molar-refractivity contribution in [2.75, 3.05) is 12.3 Å². The van der Waals surface area contributed by atoms with Gasteiger partial charge in [-0.1, -0.05) is 31.7 Å². The van der Waals surface area contributed by atoms with Crippen LogP contribution in [0.4, 0.5) is 4.39 Å². The van der Waals surface area contributed by atoms with Crippen molar-refractivity contribution >= 4 is 49.3 Å². The molecule has 0 saturated heterocycles. The second kappa shape index (κ2) is 7.44. The van der Waals surface area contributed by atoms with Gasteiger partial charge in [0.2, 0.25) is 5.91 Å². The number of thiophene rings is 1. The maximum absolute atomic E-state index is 14.1. The van der Waals surface area contributed by atoms with Crippen LogP contribution in [0.2, 0.25) is 0 Å². The highest BCUT2D eigenvalue weighted by atomic mass is 32.2. The molecule has 0 bridgehead atoms. The Hall–Kier alpha value is -1.73. The van der Waals surface area contributed by atoms with E-state index in [1.54, 1.807) is 6.07 Å². The second-order valence-corrected chi connectivity index (χ2v) is 7.91. The van der Waals surface area contributed by atoms with E-state index in [-0.39, 0.29) is 11.7 Å². The van der Waals surface area contributed by atoms with Crippen LogP contribution >= 0.6 is 23.1 Å². The van der Waals surface area contributed by atoms with Gasteiger partial charge in [-0.15, -0.1) is 11.3 Å². The fourth-order valence-electron chi connectivity index (χ4n) is 2.34. The largest absolute Gasteiger partial charge is 0.355 e. The van der Waals surface area contributed by atoms with Crippen LogP contribution in [0.5, 0.6) is 0 Å². The van der Waals surface area contributed by atoms with Crippen LogP contribution in [0.15, 0.2) is 29.6 Å². The maximum Gasteiger partial charge on any atom is 0.230 e. The average molecular weight is 363 g/mol. The molecule has 24 heavy (non-hydrogen) atoms. The van der Waals surface area contributed by atoms with E-state index in [0.717, 1.165) is 20.8 Å². The number of nitrogens with one attached hydrogen (secondary N) is 1. The molecule has 0 radical (unpaired) electrons. The Balaban J connectivity index is 1.77. The second-order valence-electron chi connectivity index (χ2n) is 5.89. The Bertz CT molecular complexity index is 879. The van der Waals surface area contributed by atoms with E-state index in [9.17, 15) is 9.18 Å². The third-order valence-electron chi connectivity index (χ3n) is 3.58. The molecule has 0 atom stereocenters. The maximum atomic E-state index is 14.1. The molecule has 126 valence electrons. The Labute approximate surface area is 147 Å². The summed E-state index contributed by atoms with van der Waals surface area (Å²) >= 11 is 2.82. The van der Waals surface area contributed by atoms with Crippen molar-refractivity contribution in [2.24, 2.45) is 5.92 Å². The minimum Gasteiger partial charge on any atom is -0.355 e. The molecule has 0 spiro atoms. The lowest BCUT2D eigenvalue weighted by Gasteiger charge is -2.07. The van der Waals surface area contributed by atoms with Crippen molar-refractivity contribution in [3.8, 4) is 0 Å². The molecule has 0 aliphatic heterocycles. The molecule has 7 heteroatoms. The molecule has 0 saturated carbocycles. The van der Waals surface area contributed by atoms with Crippen molar-refractivity contribution in [1.29, 1.82) is 0 Å². The van der Waals surface area contributed by atoms with E-state index < -0.39 is 0 Å². The summed E-state index contributed by atoms with van der Waals surface area (Å²) in [7, 11) is 0. The van der Waals surface area contributed by atoms with Crippen molar-refractivity contribution in [3.05, 3.63) is 30.3 Å². The number of carbonyl (C=O) groups excluding carboxylic acids is 1. The van der Waals surface area contributed by atoms with Crippen LogP contribution in [0.25, 0.3) is 20.3 Å². The van der Waals surface area contributed by atoms with Crippen molar-refractivity contribution in [1.82, 2.24) is 15.3 Å². The Kier molecular flexibility index (Phi) is 5.30. The number of hydrogen-bond donors (Lipinski definition) is 1. The van der Waals surface area contributed by atoms with Crippen molar-refractivity contribution < 1.29 is 9.18 Å². The third-order valence-corrected chi connectivity index (χ3v) is 5.85. The summed E-state index contributed by atoms with van der Waals surface area (Å²) in [6.45, 7) is 4.93. The number of fused-ring (bicyclic) bond motifs is 3. The third kappa shape index (κ3) is 3.67. The van der Waals surface area contributed by atoms with Crippen molar-refractivity contribution in [2.45, 2.75) is 25.3 Å². The smallest absolute Gasteiger partial charge is 0.230 e. The van der Waals surface area contributed by atoms with Crippen LogP contribution < -0.4 is 5.32 Å². The van der Waals surface area contributed by atoms with Crippen LogP contribution in [-0.4, -0.2) is 28.2 Å². The number of benzene rings is 1. The molecule has 1 amide bonds. The first kappa shape index (κ1) is 17.1. The molecule has 4 nitrogen and oxygen atoms in total. The molecule has 2 aromatic heterocycles. The zero-order valence-electron chi connectivity index (χ0n) is 13.5. The molecule has 1 aromatic carbocycles. The summed E-state index contributed by atoms with van der Waals surface area (Å²) in [5, 5.41) is 4.16. The summed E-state index contributed by atoms with van der Waals surface area (Å²) in [4.78, 5) is 20.4. The fourth-order valence-corrected chi connectivity index (χ4v) is 4.42. The molecule has 2 heterocycles. The summed E-state index contributed by atoms with van der Waals surface area (Å²) in [5.41, 5.74) is 0.616. The molecule has 3 rings (SSSR count). The first-order chi connectivity index (χ1) is 11.6. The van der Waals surface area contributed by atoms with Gasteiger partial charge in [0.15, 0.2) is 0 Å². The minimum atomic E-state index is -0.278. The van der Waals surface area contributed by atoms with Gasteiger partial charge in [0.05, 0.1) is 21.4 Å². The SMILES string of the molecule is CC(C)CCNC(=O)CSc1ncnc2c1sc1cccc(F)c12. The number of nitrogens with zero attached hydrogens (tertiary/aromatic N) is 2. The molecule has 0 unspecified atom stereocenters. The normalized spacial score (nSPS) is 11.5. The number of halogens is 1. The Morgan fingerprint density at radius 3 is 3.00 bits per heavy atom. The van der Waals surface area contributed by atoms with E-state index in [2.05, 4.69) is 29.1 Å². The number of carbonyl (C=O) groups is 1. The van der Waals surface area contributed by atoms with E-state index in [1.807, 2.05) is 6.07 Å². The zero-order chi connectivity index (χ0) is 17.1. The van der Waals surface area contributed by atoms with Gasteiger partial charge < -0.3 is 5.32 Å². The van der Waals surface area contributed by atoms with Gasteiger partial charge in [-0.25, -0.2) is 14.4 Å². The topological polar surface area (TPSA) is 54.9 Å². The standard InChI is InChI=1S/C17H18FN3OS2/c1-10(2)6-7-19-13(22)8-23-17-16-15(20-9-21-17)14-11(18)4-3-5-12(14)24-16/h3-5,9-10H,6-8H2,1-2H3,(H,19,22). The highest BCUT2D eigenvalue weighted by Gasteiger charge is 2.15. The molecule has 0 aliphatic rings. The number of thioether (sulfide) groups is 1. The predicted octanol–water partition coefficient (Wildman–Crippen LogP) is 4.24. The summed E-state index contributed by atoms with van der Waals surface area (Å²) in [6, 6.07) is 5.00. The predicted molar refractivity (Wildman–Crippen MR) is 98.1 cm³/mol.